The van der Waals surface area contributed by atoms with E-state index in [1.165, 1.54) is 11.1 Å². The second kappa shape index (κ2) is 12.2. The van der Waals surface area contributed by atoms with Crippen LogP contribution in [-0.4, -0.2) is 13.2 Å². The predicted octanol–water partition coefficient (Wildman–Crippen LogP) is 4.44. The fraction of sp³-hybridized carbons (Fsp3) is 0.500. The molecule has 1 aromatic carbocycles. The third kappa shape index (κ3) is 8.82. The van der Waals surface area contributed by atoms with Gasteiger partial charge in [0.1, 0.15) is 12.4 Å². The molecule has 0 saturated heterocycles. The Morgan fingerprint density at radius 3 is 2.61 bits per heavy atom. The van der Waals surface area contributed by atoms with Crippen LogP contribution in [0.1, 0.15) is 41.6 Å². The molecule has 1 aromatic rings. The quantitative estimate of drug-likeness (QED) is 0.761. The topological polar surface area (TPSA) is 35.2 Å². The Kier molecular flexibility index (Phi) is 12.9. The van der Waals surface area contributed by atoms with Gasteiger partial charge in [0.2, 0.25) is 0 Å². The lowest BCUT2D eigenvalue weighted by Crippen LogP contribution is -2.10. The minimum atomic E-state index is 0. The summed E-state index contributed by atoms with van der Waals surface area (Å²) in [6.07, 6.45) is 2.05. The van der Waals surface area contributed by atoms with Crippen LogP contribution < -0.4 is 10.5 Å². The lowest BCUT2D eigenvalue weighted by atomic mass is 10.1. The molecule has 0 aliphatic heterocycles. The van der Waals surface area contributed by atoms with Gasteiger partial charge < -0.3 is 10.5 Å². The molecule has 0 unspecified atom stereocenters. The third-order valence-corrected chi connectivity index (χ3v) is 2.13. The average molecular weight is 253 g/mol. The van der Waals surface area contributed by atoms with Crippen molar-refractivity contribution >= 4 is 0 Å². The van der Waals surface area contributed by atoms with Gasteiger partial charge in [-0.1, -0.05) is 39.0 Å². The van der Waals surface area contributed by atoms with Gasteiger partial charge in [0.25, 0.3) is 0 Å². The maximum atomic E-state index is 5.46. The van der Waals surface area contributed by atoms with Crippen molar-refractivity contribution in [3.8, 4) is 5.75 Å². The van der Waals surface area contributed by atoms with E-state index >= 15 is 0 Å². The zero-order valence-electron chi connectivity index (χ0n) is 11.3. The van der Waals surface area contributed by atoms with E-state index in [-0.39, 0.29) is 8.85 Å². The molecular formula is C16H31NO. The lowest BCUT2D eigenvalue weighted by Gasteiger charge is -2.06. The zero-order chi connectivity index (χ0) is 13.1. The number of aryl methyl sites for hydroxylation is 1. The van der Waals surface area contributed by atoms with Gasteiger partial charge in [0.15, 0.2) is 0 Å². The number of hydrogen-bond acceptors (Lipinski definition) is 2. The first-order valence-electron chi connectivity index (χ1n) is 6.28. The first-order valence-corrected chi connectivity index (χ1v) is 6.28. The number of ether oxygens (including phenoxy) is 1. The highest BCUT2D eigenvalue weighted by Crippen LogP contribution is 2.15. The smallest absolute Gasteiger partial charge is 0.119 e. The Bertz CT molecular complexity index is 326. The number of allylic oxidation sites excluding steroid dienone is 1. The minimum absolute atomic E-state index is 0. The normalized spacial score (nSPS) is 8.67. The molecular weight excluding hydrogens is 222 g/mol. The van der Waals surface area contributed by atoms with E-state index in [2.05, 4.69) is 25.6 Å². The molecule has 0 bridgehead atoms. The molecule has 0 amide bonds. The number of nitrogens with two attached hydrogens (primary N) is 1. The molecule has 18 heavy (non-hydrogen) atoms. The Labute approximate surface area is 114 Å². The second-order valence-corrected chi connectivity index (χ2v) is 3.74. The molecule has 106 valence electrons. The largest absolute Gasteiger partial charge is 0.492 e. The molecule has 2 heteroatoms. The molecule has 2 N–H and O–H groups in total. The summed E-state index contributed by atoms with van der Waals surface area (Å²) < 4.78 is 5.46. The maximum absolute atomic E-state index is 5.46. The molecule has 0 radical (unpaired) electrons. The summed E-state index contributed by atoms with van der Waals surface area (Å²) in [5.74, 6) is 0.902. The van der Waals surface area contributed by atoms with E-state index < -0.39 is 0 Å². The fourth-order valence-electron chi connectivity index (χ4n) is 1.33. The summed E-state index contributed by atoms with van der Waals surface area (Å²) in [7, 11) is 0. The van der Waals surface area contributed by atoms with Gasteiger partial charge in [-0.05, 0) is 37.5 Å². The number of hydrogen-bond donors (Lipinski definition) is 1. The van der Waals surface area contributed by atoms with Gasteiger partial charge in [-0.3, -0.25) is 0 Å². The Hall–Kier alpha value is -1.28. The van der Waals surface area contributed by atoms with Crippen molar-refractivity contribution in [2.75, 3.05) is 13.2 Å². The molecule has 0 aliphatic rings. The van der Waals surface area contributed by atoms with Crippen LogP contribution in [-0.2, 0) is 6.42 Å². The van der Waals surface area contributed by atoms with Crippen molar-refractivity contribution in [3.05, 3.63) is 42.0 Å². The van der Waals surface area contributed by atoms with Crippen LogP contribution in [0.4, 0.5) is 0 Å². The van der Waals surface area contributed by atoms with Gasteiger partial charge in [0.05, 0.1) is 0 Å². The highest BCUT2D eigenvalue weighted by Gasteiger charge is 1.97. The van der Waals surface area contributed by atoms with Gasteiger partial charge in [0, 0.05) is 7.97 Å². The van der Waals surface area contributed by atoms with Gasteiger partial charge in [-0.2, -0.15) is 0 Å². The summed E-state index contributed by atoms with van der Waals surface area (Å²) in [5, 5.41) is 0. The molecule has 0 aromatic heterocycles. The summed E-state index contributed by atoms with van der Waals surface area (Å²) in [4.78, 5) is 0. The molecule has 0 atom stereocenters. The Morgan fingerprint density at radius 2 is 2.06 bits per heavy atom. The number of rotatable bonds is 6. The third-order valence-electron chi connectivity index (χ3n) is 2.13. The van der Waals surface area contributed by atoms with E-state index in [9.17, 15) is 0 Å². The van der Waals surface area contributed by atoms with Crippen molar-refractivity contribution in [2.24, 2.45) is 5.73 Å². The average Bonchev–Trinajstić information content (AvgIpc) is 2.37. The SMILES string of the molecule is C.C=C(C)CCc1cccc(OCCN)c1.CC.[HH]. The predicted molar refractivity (Wildman–Crippen MR) is 84.3 cm³/mol. The van der Waals surface area contributed by atoms with Crippen molar-refractivity contribution in [1.29, 1.82) is 0 Å². The second-order valence-electron chi connectivity index (χ2n) is 3.74. The van der Waals surface area contributed by atoms with E-state index in [0.717, 1.165) is 18.6 Å². The van der Waals surface area contributed by atoms with Gasteiger partial charge >= 0.3 is 0 Å². The van der Waals surface area contributed by atoms with Gasteiger partial charge in [-0.25, -0.2) is 0 Å². The van der Waals surface area contributed by atoms with Crippen LogP contribution in [0.3, 0.4) is 0 Å². The van der Waals surface area contributed by atoms with Crippen LogP contribution >= 0.6 is 0 Å². The maximum Gasteiger partial charge on any atom is 0.119 e. The molecule has 0 saturated carbocycles. The lowest BCUT2D eigenvalue weighted by molar-refractivity contribution is 0.328. The monoisotopic (exact) mass is 253 g/mol. The molecule has 0 heterocycles. The van der Waals surface area contributed by atoms with E-state index in [4.69, 9.17) is 10.5 Å². The van der Waals surface area contributed by atoms with Crippen LogP contribution in [0.15, 0.2) is 36.4 Å². The molecule has 0 aliphatic carbocycles. The van der Waals surface area contributed by atoms with Crippen LogP contribution in [0.25, 0.3) is 0 Å². The van der Waals surface area contributed by atoms with Crippen molar-refractivity contribution < 1.29 is 6.16 Å². The molecule has 1 rings (SSSR count). The van der Waals surface area contributed by atoms with Gasteiger partial charge in [-0.15, -0.1) is 6.58 Å². The van der Waals surface area contributed by atoms with Crippen LogP contribution in [0.2, 0.25) is 0 Å². The van der Waals surface area contributed by atoms with Crippen LogP contribution in [0, 0.1) is 0 Å². The van der Waals surface area contributed by atoms with E-state index in [1.807, 2.05) is 26.0 Å². The molecule has 0 fully saturated rings. The highest BCUT2D eigenvalue weighted by molar-refractivity contribution is 5.28. The van der Waals surface area contributed by atoms with Crippen molar-refractivity contribution in [1.82, 2.24) is 0 Å². The number of benzene rings is 1. The standard InChI is InChI=1S/C13H19NO.C2H6.CH4.H2/c1-11(2)6-7-12-4-3-5-13(10-12)15-9-8-14;1-2;;/h3-5,10H,1,6-9,14H2,2H3;1-2H3;1H4;1H. The van der Waals surface area contributed by atoms with E-state index in [0.29, 0.717) is 13.2 Å². The molecule has 2 nitrogen and oxygen atoms in total. The van der Waals surface area contributed by atoms with E-state index in [1.54, 1.807) is 0 Å². The van der Waals surface area contributed by atoms with Crippen LogP contribution in [0.5, 0.6) is 5.75 Å². The fourth-order valence-corrected chi connectivity index (χ4v) is 1.33. The minimum Gasteiger partial charge on any atom is -0.492 e. The zero-order valence-corrected chi connectivity index (χ0v) is 11.3. The molecule has 0 spiro atoms. The van der Waals surface area contributed by atoms with Crippen molar-refractivity contribution in [2.45, 2.75) is 41.0 Å². The Morgan fingerprint density at radius 1 is 1.39 bits per heavy atom. The summed E-state index contributed by atoms with van der Waals surface area (Å²) >= 11 is 0. The first kappa shape index (κ1) is 19.1. The summed E-state index contributed by atoms with van der Waals surface area (Å²) in [5.41, 5.74) is 7.87. The first-order chi connectivity index (χ1) is 8.22. The Balaban J connectivity index is -0.000000609. The summed E-state index contributed by atoms with van der Waals surface area (Å²) in [6, 6.07) is 8.15. The summed E-state index contributed by atoms with van der Waals surface area (Å²) in [6.45, 7) is 11.1. The highest BCUT2D eigenvalue weighted by atomic mass is 16.5. The van der Waals surface area contributed by atoms with Crippen molar-refractivity contribution in [3.63, 3.8) is 0 Å².